The second-order valence-corrected chi connectivity index (χ2v) is 7.38. The first-order valence-corrected chi connectivity index (χ1v) is 10.0. The summed E-state index contributed by atoms with van der Waals surface area (Å²) in [6.45, 7) is 5.60. The third-order valence-electron chi connectivity index (χ3n) is 5.35. The third kappa shape index (κ3) is 3.50. The Hall–Kier alpha value is -3.80. The van der Waals surface area contributed by atoms with Gasteiger partial charge in [-0.1, -0.05) is 24.3 Å². The Morgan fingerprint density at radius 1 is 0.935 bits per heavy atom. The SMILES string of the molecule is COc1ccc(-c2nc3ccccn3c2N(C(C)=O)c2c(C)cccc2C)cc1OC. The molecule has 1 amide bonds. The van der Waals surface area contributed by atoms with E-state index in [1.54, 1.807) is 26.0 Å². The summed E-state index contributed by atoms with van der Waals surface area (Å²) in [7, 11) is 3.21. The van der Waals surface area contributed by atoms with Crippen LogP contribution in [-0.4, -0.2) is 29.5 Å². The minimum atomic E-state index is -0.0928. The van der Waals surface area contributed by atoms with Gasteiger partial charge in [-0.15, -0.1) is 0 Å². The van der Waals surface area contributed by atoms with Gasteiger partial charge in [-0.3, -0.25) is 14.1 Å². The summed E-state index contributed by atoms with van der Waals surface area (Å²) in [6.07, 6.45) is 1.92. The molecule has 0 aliphatic heterocycles. The molecule has 0 aliphatic rings. The van der Waals surface area contributed by atoms with Crippen molar-refractivity contribution < 1.29 is 14.3 Å². The summed E-state index contributed by atoms with van der Waals surface area (Å²) in [6, 6.07) is 17.5. The number of fused-ring (bicyclic) bond motifs is 1. The summed E-state index contributed by atoms with van der Waals surface area (Å²) in [5, 5.41) is 0. The molecule has 0 radical (unpaired) electrons. The van der Waals surface area contributed by atoms with E-state index in [-0.39, 0.29) is 5.91 Å². The van der Waals surface area contributed by atoms with Gasteiger partial charge in [-0.2, -0.15) is 0 Å². The number of hydrogen-bond acceptors (Lipinski definition) is 4. The van der Waals surface area contributed by atoms with Gasteiger partial charge in [-0.05, 0) is 55.3 Å². The maximum atomic E-state index is 13.0. The van der Waals surface area contributed by atoms with Gasteiger partial charge < -0.3 is 9.47 Å². The van der Waals surface area contributed by atoms with Crippen LogP contribution in [0.4, 0.5) is 11.5 Å². The van der Waals surface area contributed by atoms with Crippen LogP contribution in [0.25, 0.3) is 16.9 Å². The van der Waals surface area contributed by atoms with Crippen molar-refractivity contribution in [3.8, 4) is 22.8 Å². The van der Waals surface area contributed by atoms with Crippen LogP contribution in [0.5, 0.6) is 11.5 Å². The standard InChI is InChI=1S/C25H25N3O3/c1-16-9-8-10-17(2)24(16)28(18(3)29)25-23(26-22-11-6-7-14-27(22)25)19-12-13-20(30-4)21(15-19)31-5/h6-15H,1-5H3. The van der Waals surface area contributed by atoms with Crippen molar-refractivity contribution in [2.45, 2.75) is 20.8 Å². The van der Waals surface area contributed by atoms with E-state index in [9.17, 15) is 4.79 Å². The zero-order valence-corrected chi connectivity index (χ0v) is 18.3. The van der Waals surface area contributed by atoms with Gasteiger partial charge in [0.1, 0.15) is 11.3 Å². The number of imidazole rings is 1. The van der Waals surface area contributed by atoms with Gasteiger partial charge in [0.15, 0.2) is 17.3 Å². The fourth-order valence-electron chi connectivity index (χ4n) is 3.94. The molecule has 6 nitrogen and oxygen atoms in total. The van der Waals surface area contributed by atoms with Gasteiger partial charge in [0.05, 0.1) is 19.9 Å². The molecule has 6 heteroatoms. The Kier molecular flexibility index (Phi) is 5.38. The lowest BCUT2D eigenvalue weighted by molar-refractivity contribution is -0.115. The number of methoxy groups -OCH3 is 2. The molecule has 0 spiro atoms. The van der Waals surface area contributed by atoms with Crippen molar-refractivity contribution in [3.63, 3.8) is 0 Å². The normalized spacial score (nSPS) is 10.9. The number of hydrogen-bond donors (Lipinski definition) is 0. The molecule has 0 bridgehead atoms. The third-order valence-corrected chi connectivity index (χ3v) is 5.35. The predicted molar refractivity (Wildman–Crippen MR) is 122 cm³/mol. The van der Waals surface area contributed by atoms with Crippen molar-refractivity contribution >= 4 is 23.1 Å². The molecule has 4 rings (SSSR count). The lowest BCUT2D eigenvalue weighted by Gasteiger charge is -2.25. The molecule has 0 atom stereocenters. The monoisotopic (exact) mass is 415 g/mol. The summed E-state index contributed by atoms with van der Waals surface area (Å²) < 4.78 is 12.8. The number of nitrogens with zero attached hydrogens (tertiary/aromatic N) is 3. The molecule has 31 heavy (non-hydrogen) atoms. The highest BCUT2D eigenvalue weighted by Crippen LogP contribution is 2.40. The van der Waals surface area contributed by atoms with Crippen molar-refractivity contribution in [2.75, 3.05) is 19.1 Å². The summed E-state index contributed by atoms with van der Waals surface area (Å²) >= 11 is 0. The van der Waals surface area contributed by atoms with Gasteiger partial charge >= 0.3 is 0 Å². The first kappa shape index (κ1) is 20.5. The van der Waals surface area contributed by atoms with Gasteiger partial charge in [-0.25, -0.2) is 4.98 Å². The van der Waals surface area contributed by atoms with Gasteiger partial charge in [0, 0.05) is 18.7 Å². The quantitative estimate of drug-likeness (QED) is 0.443. The maximum Gasteiger partial charge on any atom is 0.229 e. The van der Waals surface area contributed by atoms with E-state index in [1.165, 1.54) is 0 Å². The average Bonchev–Trinajstić information content (AvgIpc) is 3.14. The van der Waals surface area contributed by atoms with E-state index in [0.29, 0.717) is 23.0 Å². The number of amides is 1. The molecule has 2 heterocycles. The number of carbonyl (C=O) groups is 1. The Morgan fingerprint density at radius 3 is 2.29 bits per heavy atom. The Balaban J connectivity index is 2.05. The first-order chi connectivity index (χ1) is 15.0. The van der Waals surface area contributed by atoms with Crippen LogP contribution in [0.15, 0.2) is 60.8 Å². The minimum absolute atomic E-state index is 0.0928. The lowest BCUT2D eigenvalue weighted by Crippen LogP contribution is -2.26. The number of aromatic nitrogens is 2. The zero-order chi connectivity index (χ0) is 22.1. The van der Waals surface area contributed by atoms with E-state index < -0.39 is 0 Å². The Morgan fingerprint density at radius 2 is 1.65 bits per heavy atom. The van der Waals surface area contributed by atoms with Crippen LogP contribution in [0.3, 0.4) is 0 Å². The topological polar surface area (TPSA) is 56.1 Å². The van der Waals surface area contributed by atoms with E-state index in [0.717, 1.165) is 28.0 Å². The second kappa shape index (κ2) is 8.14. The van der Waals surface area contributed by atoms with Gasteiger partial charge in [0.2, 0.25) is 5.91 Å². The molecule has 0 aliphatic carbocycles. The van der Waals surface area contributed by atoms with Crippen LogP contribution in [-0.2, 0) is 4.79 Å². The Labute approximate surface area is 181 Å². The summed E-state index contributed by atoms with van der Waals surface area (Å²) in [5.41, 5.74) is 5.15. The zero-order valence-electron chi connectivity index (χ0n) is 18.3. The highest BCUT2D eigenvalue weighted by atomic mass is 16.5. The van der Waals surface area contributed by atoms with Crippen LogP contribution >= 0.6 is 0 Å². The number of pyridine rings is 1. The van der Waals surface area contributed by atoms with Crippen molar-refractivity contribution in [1.29, 1.82) is 0 Å². The molecule has 0 saturated heterocycles. The molecule has 0 unspecified atom stereocenters. The number of ether oxygens (including phenoxy) is 2. The smallest absolute Gasteiger partial charge is 0.229 e. The Bertz CT molecular complexity index is 1260. The number of rotatable bonds is 5. The fraction of sp³-hybridized carbons (Fsp3) is 0.200. The van der Waals surface area contributed by atoms with Crippen LogP contribution in [0.1, 0.15) is 18.1 Å². The number of anilines is 2. The molecular formula is C25H25N3O3. The minimum Gasteiger partial charge on any atom is -0.493 e. The number of benzene rings is 2. The number of para-hydroxylation sites is 1. The second-order valence-electron chi connectivity index (χ2n) is 7.38. The largest absolute Gasteiger partial charge is 0.493 e. The van der Waals surface area contributed by atoms with E-state index in [4.69, 9.17) is 14.5 Å². The van der Waals surface area contributed by atoms with Crippen LogP contribution in [0.2, 0.25) is 0 Å². The molecule has 0 N–H and O–H groups in total. The molecule has 2 aromatic heterocycles. The molecular weight excluding hydrogens is 390 g/mol. The number of carbonyl (C=O) groups excluding carboxylic acids is 1. The lowest BCUT2D eigenvalue weighted by atomic mass is 10.1. The van der Waals surface area contributed by atoms with Crippen LogP contribution in [0, 0.1) is 13.8 Å². The summed E-state index contributed by atoms with van der Waals surface area (Å²) in [5.74, 6) is 1.83. The fourth-order valence-corrected chi connectivity index (χ4v) is 3.94. The maximum absolute atomic E-state index is 13.0. The molecule has 2 aromatic carbocycles. The van der Waals surface area contributed by atoms with E-state index in [2.05, 4.69) is 0 Å². The average molecular weight is 415 g/mol. The van der Waals surface area contributed by atoms with E-state index >= 15 is 0 Å². The van der Waals surface area contributed by atoms with Crippen molar-refractivity contribution in [3.05, 3.63) is 71.9 Å². The number of aryl methyl sites for hydroxylation is 2. The van der Waals surface area contributed by atoms with Crippen molar-refractivity contribution in [2.24, 2.45) is 0 Å². The molecule has 158 valence electrons. The summed E-state index contributed by atoms with van der Waals surface area (Å²) in [4.78, 5) is 19.7. The molecule has 0 fully saturated rings. The van der Waals surface area contributed by atoms with Crippen LogP contribution < -0.4 is 14.4 Å². The van der Waals surface area contributed by atoms with Crippen molar-refractivity contribution in [1.82, 2.24) is 9.38 Å². The van der Waals surface area contributed by atoms with E-state index in [1.807, 2.05) is 79.0 Å². The highest BCUT2D eigenvalue weighted by Gasteiger charge is 2.27. The molecule has 0 saturated carbocycles. The van der Waals surface area contributed by atoms with Gasteiger partial charge in [0.25, 0.3) is 0 Å². The highest BCUT2D eigenvalue weighted by molar-refractivity contribution is 6.03. The first-order valence-electron chi connectivity index (χ1n) is 10.0. The molecule has 4 aromatic rings. The predicted octanol–water partition coefficient (Wildman–Crippen LogP) is 5.32.